The summed E-state index contributed by atoms with van der Waals surface area (Å²) in [5.41, 5.74) is -0.0882. The number of imide groups is 1. The molecule has 4 rings (SSSR count). The molecule has 0 radical (unpaired) electrons. The maximum Gasteiger partial charge on any atom is 0.325 e. The third kappa shape index (κ3) is 2.93. The van der Waals surface area contributed by atoms with Gasteiger partial charge in [0, 0.05) is 21.9 Å². The molecular formula is C18H19N3O3S2. The van der Waals surface area contributed by atoms with Gasteiger partial charge in [-0.15, -0.1) is 22.7 Å². The van der Waals surface area contributed by atoms with Crippen LogP contribution in [0.2, 0.25) is 0 Å². The van der Waals surface area contributed by atoms with E-state index in [2.05, 4.69) is 10.6 Å². The fraction of sp³-hybridized carbons (Fsp3) is 0.389. The summed E-state index contributed by atoms with van der Waals surface area (Å²) in [6, 6.07) is 5.42. The van der Waals surface area contributed by atoms with Crippen LogP contribution in [0.15, 0.2) is 29.0 Å². The van der Waals surface area contributed by atoms with Crippen molar-refractivity contribution in [3.05, 3.63) is 44.3 Å². The zero-order chi connectivity index (χ0) is 18.1. The van der Waals surface area contributed by atoms with E-state index in [-0.39, 0.29) is 18.4 Å². The van der Waals surface area contributed by atoms with Gasteiger partial charge in [0.25, 0.3) is 5.91 Å². The molecule has 1 fully saturated rings. The van der Waals surface area contributed by atoms with E-state index in [1.165, 1.54) is 4.88 Å². The summed E-state index contributed by atoms with van der Waals surface area (Å²) in [5.74, 6) is -0.626. The first-order valence-corrected chi connectivity index (χ1v) is 10.4. The maximum absolute atomic E-state index is 13.0. The van der Waals surface area contributed by atoms with Gasteiger partial charge in [-0.05, 0) is 48.6 Å². The van der Waals surface area contributed by atoms with Crippen molar-refractivity contribution in [2.45, 2.75) is 31.2 Å². The Labute approximate surface area is 159 Å². The fourth-order valence-electron chi connectivity index (χ4n) is 3.66. The summed E-state index contributed by atoms with van der Waals surface area (Å²) < 4.78 is 0. The number of fused-ring (bicyclic) bond motifs is 2. The lowest BCUT2D eigenvalue weighted by Gasteiger charge is -2.31. The van der Waals surface area contributed by atoms with Gasteiger partial charge < -0.3 is 10.6 Å². The molecule has 1 atom stereocenters. The van der Waals surface area contributed by atoms with E-state index >= 15 is 0 Å². The topological polar surface area (TPSA) is 78.5 Å². The Balaban J connectivity index is 1.41. The van der Waals surface area contributed by atoms with Gasteiger partial charge in [0.15, 0.2) is 0 Å². The molecule has 8 heteroatoms. The third-order valence-corrected chi connectivity index (χ3v) is 6.83. The van der Waals surface area contributed by atoms with Crippen LogP contribution >= 0.6 is 22.7 Å². The zero-order valence-electron chi connectivity index (χ0n) is 14.1. The first kappa shape index (κ1) is 17.2. The Morgan fingerprint density at radius 2 is 2.15 bits per heavy atom. The van der Waals surface area contributed by atoms with Gasteiger partial charge >= 0.3 is 6.03 Å². The van der Waals surface area contributed by atoms with E-state index in [0.29, 0.717) is 13.0 Å². The normalized spacial score (nSPS) is 21.8. The maximum atomic E-state index is 13.0. The zero-order valence-corrected chi connectivity index (χ0v) is 15.8. The molecule has 2 aliphatic rings. The van der Waals surface area contributed by atoms with Crippen molar-refractivity contribution in [1.29, 1.82) is 0 Å². The number of urea groups is 1. The Hall–Kier alpha value is -2.19. The minimum atomic E-state index is -0.984. The number of amides is 4. The van der Waals surface area contributed by atoms with Gasteiger partial charge in [-0.3, -0.25) is 14.5 Å². The van der Waals surface area contributed by atoms with E-state index in [4.69, 9.17) is 0 Å². The summed E-state index contributed by atoms with van der Waals surface area (Å²) in [6.07, 6.45) is 3.10. The number of hydrogen-bond acceptors (Lipinski definition) is 5. The van der Waals surface area contributed by atoms with Crippen molar-refractivity contribution in [2.24, 2.45) is 0 Å². The smallest absolute Gasteiger partial charge is 0.325 e. The second-order valence-corrected chi connectivity index (χ2v) is 8.55. The quantitative estimate of drug-likeness (QED) is 0.770. The monoisotopic (exact) mass is 389 g/mol. The van der Waals surface area contributed by atoms with Crippen LogP contribution < -0.4 is 10.6 Å². The minimum absolute atomic E-state index is 0.240. The predicted molar refractivity (Wildman–Crippen MR) is 100 cm³/mol. The lowest BCUT2D eigenvalue weighted by molar-refractivity contribution is -0.135. The molecule has 2 N–H and O–H groups in total. The Bertz CT molecular complexity index is 846. The molecular weight excluding hydrogens is 370 g/mol. The molecule has 2 aromatic rings. The highest BCUT2D eigenvalue weighted by molar-refractivity contribution is 7.10. The summed E-state index contributed by atoms with van der Waals surface area (Å²) in [6.45, 7) is 0.249. The van der Waals surface area contributed by atoms with Gasteiger partial charge in [0.1, 0.15) is 12.1 Å². The predicted octanol–water partition coefficient (Wildman–Crippen LogP) is 2.25. The number of carbonyl (C=O) groups excluding carboxylic acids is 3. The first-order valence-electron chi connectivity index (χ1n) is 8.60. The lowest BCUT2D eigenvalue weighted by atomic mass is 9.80. The molecule has 6 nitrogen and oxygen atoms in total. The molecule has 2 aromatic heterocycles. The molecule has 0 aromatic carbocycles. The van der Waals surface area contributed by atoms with E-state index in [1.807, 2.05) is 29.0 Å². The van der Waals surface area contributed by atoms with Gasteiger partial charge in [0.2, 0.25) is 5.91 Å². The number of thiophene rings is 2. The Kier molecular flexibility index (Phi) is 4.54. The van der Waals surface area contributed by atoms with E-state index in [9.17, 15) is 14.4 Å². The second-order valence-electron chi connectivity index (χ2n) is 6.52. The van der Waals surface area contributed by atoms with E-state index in [0.717, 1.165) is 34.6 Å². The highest BCUT2D eigenvalue weighted by Crippen LogP contribution is 2.41. The van der Waals surface area contributed by atoms with Crippen molar-refractivity contribution in [3.63, 3.8) is 0 Å². The molecule has 26 heavy (non-hydrogen) atoms. The van der Waals surface area contributed by atoms with Gasteiger partial charge in [-0.2, -0.15) is 0 Å². The van der Waals surface area contributed by atoms with Gasteiger partial charge in [-0.1, -0.05) is 6.07 Å². The summed E-state index contributed by atoms with van der Waals surface area (Å²) in [4.78, 5) is 41.0. The number of aryl methyl sites for hydroxylation is 1. The van der Waals surface area contributed by atoms with Crippen LogP contribution in [0.4, 0.5) is 4.79 Å². The molecule has 4 amide bonds. The van der Waals surface area contributed by atoms with Crippen molar-refractivity contribution in [1.82, 2.24) is 15.5 Å². The highest BCUT2D eigenvalue weighted by Gasteiger charge is 2.54. The minimum Gasteiger partial charge on any atom is -0.354 e. The van der Waals surface area contributed by atoms with Crippen LogP contribution in [0, 0.1) is 0 Å². The van der Waals surface area contributed by atoms with E-state index in [1.54, 1.807) is 22.7 Å². The van der Waals surface area contributed by atoms with Crippen LogP contribution in [0.5, 0.6) is 0 Å². The molecule has 3 heterocycles. The van der Waals surface area contributed by atoms with Crippen LogP contribution in [0.1, 0.15) is 28.2 Å². The summed E-state index contributed by atoms with van der Waals surface area (Å²) in [5, 5.41) is 9.60. The van der Waals surface area contributed by atoms with Crippen molar-refractivity contribution in [3.8, 4) is 0 Å². The fourth-order valence-corrected chi connectivity index (χ4v) is 5.37. The average Bonchev–Trinajstić information content (AvgIpc) is 3.34. The van der Waals surface area contributed by atoms with E-state index < -0.39 is 11.6 Å². The number of carbonyl (C=O) groups is 3. The Morgan fingerprint density at radius 3 is 2.96 bits per heavy atom. The van der Waals surface area contributed by atoms with Gasteiger partial charge in [-0.25, -0.2) is 4.79 Å². The number of rotatable bonds is 5. The van der Waals surface area contributed by atoms with Crippen LogP contribution in [-0.4, -0.2) is 35.8 Å². The largest absolute Gasteiger partial charge is 0.354 e. The SMILES string of the molecule is O=C(CN1C(=O)N[C@@]2(CCCc3sccc32)C1=O)NCCc1cccs1. The third-order valence-electron chi connectivity index (χ3n) is 4.91. The lowest BCUT2D eigenvalue weighted by Crippen LogP contribution is -2.46. The van der Waals surface area contributed by atoms with Crippen LogP contribution in [0.3, 0.4) is 0 Å². The first-order chi connectivity index (χ1) is 12.6. The Morgan fingerprint density at radius 1 is 1.27 bits per heavy atom. The number of nitrogens with zero attached hydrogens (tertiary/aromatic N) is 1. The van der Waals surface area contributed by atoms with Crippen molar-refractivity contribution in [2.75, 3.05) is 13.1 Å². The molecule has 1 aliphatic carbocycles. The molecule has 1 spiro atoms. The highest BCUT2D eigenvalue weighted by atomic mass is 32.1. The van der Waals surface area contributed by atoms with Gasteiger partial charge in [0.05, 0.1) is 0 Å². The number of hydrogen-bond donors (Lipinski definition) is 2. The van der Waals surface area contributed by atoms with Crippen LogP contribution in [-0.2, 0) is 28.0 Å². The second kappa shape index (κ2) is 6.85. The average molecular weight is 390 g/mol. The molecule has 1 saturated heterocycles. The molecule has 0 saturated carbocycles. The molecule has 136 valence electrons. The van der Waals surface area contributed by atoms with Crippen molar-refractivity contribution < 1.29 is 14.4 Å². The summed E-state index contributed by atoms with van der Waals surface area (Å²) >= 11 is 3.25. The molecule has 1 aliphatic heterocycles. The molecule has 0 bridgehead atoms. The molecule has 0 unspecified atom stereocenters. The standard InChI is InChI=1S/C18H19N3O3S2/c22-15(19-8-5-12-3-2-9-25-12)11-21-16(23)18(20-17(21)24)7-1-4-14-13(18)6-10-26-14/h2-3,6,9-10H,1,4-5,7-8,11H2,(H,19,22)(H,20,24)/t18-/m1/s1. The van der Waals surface area contributed by atoms with Crippen molar-refractivity contribution >= 4 is 40.5 Å². The summed E-state index contributed by atoms with van der Waals surface area (Å²) in [7, 11) is 0. The number of nitrogens with one attached hydrogen (secondary N) is 2. The van der Waals surface area contributed by atoms with Crippen LogP contribution in [0.25, 0.3) is 0 Å².